The number of carbonyl (C=O) groups is 1. The van der Waals surface area contributed by atoms with Crippen molar-refractivity contribution < 1.29 is 23.1 Å². The van der Waals surface area contributed by atoms with Gasteiger partial charge in [0.15, 0.2) is 0 Å². The van der Waals surface area contributed by atoms with Gasteiger partial charge < -0.3 is 9.84 Å². The number of carboxylic acid groups (broad SMARTS) is 1. The Bertz CT molecular complexity index is 629. The lowest BCUT2D eigenvalue weighted by Crippen LogP contribution is -2.40. The number of sulfonamides is 1. The van der Waals surface area contributed by atoms with Crippen LogP contribution in [0.25, 0.3) is 0 Å². The van der Waals surface area contributed by atoms with E-state index in [0.717, 1.165) is 6.42 Å². The minimum absolute atomic E-state index is 0.00569. The molecule has 0 spiro atoms. The van der Waals surface area contributed by atoms with Crippen LogP contribution in [-0.4, -0.2) is 44.0 Å². The molecule has 0 aromatic heterocycles. The molecule has 1 aromatic rings. The molecule has 0 saturated carbocycles. The van der Waals surface area contributed by atoms with Crippen LogP contribution in [0, 0.1) is 5.92 Å². The standard InChI is InChI=1S/C15H21NO5S/c1-21-11-13-6-2-3-7-14(13)22(19,20)16-8-4-5-12(10-16)9-15(17)18/h2-3,6-7,12H,4-5,8-11H2,1H3,(H,17,18). The molecule has 0 bridgehead atoms. The third-order valence-corrected chi connectivity index (χ3v) is 5.80. The first-order valence-electron chi connectivity index (χ1n) is 7.24. The van der Waals surface area contributed by atoms with Crippen LogP contribution in [0.1, 0.15) is 24.8 Å². The van der Waals surface area contributed by atoms with Crippen molar-refractivity contribution in [3.05, 3.63) is 29.8 Å². The van der Waals surface area contributed by atoms with Crippen molar-refractivity contribution in [2.75, 3.05) is 20.2 Å². The van der Waals surface area contributed by atoms with Crippen molar-refractivity contribution in [1.29, 1.82) is 0 Å². The monoisotopic (exact) mass is 327 g/mol. The maximum Gasteiger partial charge on any atom is 0.303 e. The molecule has 0 amide bonds. The molecule has 7 heteroatoms. The average Bonchev–Trinajstić information content (AvgIpc) is 2.47. The Morgan fingerprint density at radius 2 is 2.14 bits per heavy atom. The quantitative estimate of drug-likeness (QED) is 0.860. The summed E-state index contributed by atoms with van der Waals surface area (Å²) in [5, 5.41) is 8.90. The average molecular weight is 327 g/mol. The number of rotatable bonds is 6. The molecule has 1 atom stereocenters. The van der Waals surface area contributed by atoms with Crippen LogP contribution >= 0.6 is 0 Å². The van der Waals surface area contributed by atoms with Gasteiger partial charge in [0.05, 0.1) is 11.5 Å². The minimum Gasteiger partial charge on any atom is -0.481 e. The molecule has 1 aliphatic heterocycles. The number of aliphatic carboxylic acids is 1. The number of hydrogen-bond donors (Lipinski definition) is 1. The van der Waals surface area contributed by atoms with Gasteiger partial charge >= 0.3 is 5.97 Å². The number of carboxylic acids is 1. The van der Waals surface area contributed by atoms with Gasteiger partial charge in [-0.3, -0.25) is 4.79 Å². The molecule has 22 heavy (non-hydrogen) atoms. The Labute approximate surface area is 130 Å². The zero-order chi connectivity index (χ0) is 16.2. The Kier molecular flexibility index (Phi) is 5.55. The van der Waals surface area contributed by atoms with Gasteiger partial charge in [-0.05, 0) is 30.4 Å². The molecular formula is C15H21NO5S. The molecule has 1 heterocycles. The SMILES string of the molecule is COCc1ccccc1S(=O)(=O)N1CCCC(CC(=O)O)C1. The minimum atomic E-state index is -3.62. The Morgan fingerprint density at radius 1 is 1.41 bits per heavy atom. The van der Waals surface area contributed by atoms with Crippen molar-refractivity contribution in [3.8, 4) is 0 Å². The molecule has 0 aliphatic carbocycles. The van der Waals surface area contributed by atoms with Crippen molar-refractivity contribution in [1.82, 2.24) is 4.31 Å². The zero-order valence-electron chi connectivity index (χ0n) is 12.6. The third kappa shape index (κ3) is 3.85. The van der Waals surface area contributed by atoms with E-state index >= 15 is 0 Å². The van der Waals surface area contributed by atoms with Crippen LogP contribution in [0.3, 0.4) is 0 Å². The number of hydrogen-bond acceptors (Lipinski definition) is 4. The molecule has 1 N–H and O–H groups in total. The van der Waals surface area contributed by atoms with Gasteiger partial charge in [0.2, 0.25) is 10.0 Å². The van der Waals surface area contributed by atoms with E-state index in [-0.39, 0.29) is 30.4 Å². The summed E-state index contributed by atoms with van der Waals surface area (Å²) < 4.78 is 32.1. The summed E-state index contributed by atoms with van der Waals surface area (Å²) in [4.78, 5) is 11.1. The normalized spacial score (nSPS) is 20.0. The van der Waals surface area contributed by atoms with Gasteiger partial charge in [-0.2, -0.15) is 4.31 Å². The predicted octanol–water partition coefficient (Wildman–Crippen LogP) is 1.71. The van der Waals surface area contributed by atoms with Crippen LogP contribution < -0.4 is 0 Å². The highest BCUT2D eigenvalue weighted by molar-refractivity contribution is 7.89. The first kappa shape index (κ1) is 16.9. The van der Waals surface area contributed by atoms with E-state index < -0.39 is 16.0 Å². The van der Waals surface area contributed by atoms with E-state index in [4.69, 9.17) is 9.84 Å². The highest BCUT2D eigenvalue weighted by Crippen LogP contribution is 2.27. The maximum atomic E-state index is 12.8. The predicted molar refractivity (Wildman–Crippen MR) is 80.9 cm³/mol. The molecule has 2 rings (SSSR count). The van der Waals surface area contributed by atoms with Crippen LogP contribution in [0.4, 0.5) is 0 Å². The van der Waals surface area contributed by atoms with Gasteiger partial charge in [0.1, 0.15) is 0 Å². The van der Waals surface area contributed by atoms with Crippen molar-refractivity contribution in [2.45, 2.75) is 30.8 Å². The van der Waals surface area contributed by atoms with E-state index in [1.54, 1.807) is 24.3 Å². The van der Waals surface area contributed by atoms with Crippen LogP contribution in [0.2, 0.25) is 0 Å². The third-order valence-electron chi connectivity index (χ3n) is 3.84. The number of ether oxygens (including phenoxy) is 1. The maximum absolute atomic E-state index is 12.8. The summed E-state index contributed by atoms with van der Waals surface area (Å²) in [5.41, 5.74) is 0.616. The Morgan fingerprint density at radius 3 is 2.82 bits per heavy atom. The molecule has 6 nitrogen and oxygen atoms in total. The summed E-state index contributed by atoms with van der Waals surface area (Å²) in [6, 6.07) is 6.76. The number of piperidine rings is 1. The van der Waals surface area contributed by atoms with Crippen molar-refractivity contribution in [3.63, 3.8) is 0 Å². The largest absolute Gasteiger partial charge is 0.481 e. The molecule has 122 valence electrons. The topological polar surface area (TPSA) is 83.9 Å². The second-order valence-electron chi connectivity index (χ2n) is 5.51. The lowest BCUT2D eigenvalue weighted by molar-refractivity contribution is -0.138. The second kappa shape index (κ2) is 7.21. The van der Waals surface area contributed by atoms with E-state index in [1.165, 1.54) is 11.4 Å². The zero-order valence-corrected chi connectivity index (χ0v) is 13.4. The first-order chi connectivity index (χ1) is 10.4. The lowest BCUT2D eigenvalue weighted by Gasteiger charge is -2.31. The van der Waals surface area contributed by atoms with Gasteiger partial charge in [-0.15, -0.1) is 0 Å². The fourth-order valence-corrected chi connectivity index (χ4v) is 4.59. The van der Waals surface area contributed by atoms with Crippen LogP contribution in [0.15, 0.2) is 29.2 Å². The second-order valence-corrected chi connectivity index (χ2v) is 7.42. The molecular weight excluding hydrogens is 306 g/mol. The van der Waals surface area contributed by atoms with Crippen LogP contribution in [0.5, 0.6) is 0 Å². The highest BCUT2D eigenvalue weighted by Gasteiger charge is 2.32. The van der Waals surface area contributed by atoms with E-state index in [1.807, 2.05) is 0 Å². The lowest BCUT2D eigenvalue weighted by atomic mass is 9.96. The molecule has 1 aromatic carbocycles. The number of methoxy groups -OCH3 is 1. The summed E-state index contributed by atoms with van der Waals surface area (Å²) in [7, 11) is -2.10. The Balaban J connectivity index is 2.24. The summed E-state index contributed by atoms with van der Waals surface area (Å²) in [6.07, 6.45) is 1.44. The van der Waals surface area contributed by atoms with Gasteiger partial charge in [0.25, 0.3) is 0 Å². The van der Waals surface area contributed by atoms with Gasteiger partial charge in [-0.1, -0.05) is 18.2 Å². The Hall–Kier alpha value is -1.44. The van der Waals surface area contributed by atoms with Gasteiger partial charge in [0, 0.05) is 26.6 Å². The number of nitrogens with zero attached hydrogens (tertiary/aromatic N) is 1. The summed E-state index contributed by atoms with van der Waals surface area (Å²) >= 11 is 0. The van der Waals surface area contributed by atoms with Crippen molar-refractivity contribution >= 4 is 16.0 Å². The van der Waals surface area contributed by atoms with E-state index in [9.17, 15) is 13.2 Å². The summed E-state index contributed by atoms with van der Waals surface area (Å²) in [5.74, 6) is -1.01. The van der Waals surface area contributed by atoms with E-state index in [0.29, 0.717) is 18.5 Å². The molecule has 1 aliphatic rings. The highest BCUT2D eigenvalue weighted by atomic mass is 32.2. The van der Waals surface area contributed by atoms with Crippen LogP contribution in [-0.2, 0) is 26.2 Å². The number of benzene rings is 1. The van der Waals surface area contributed by atoms with Crippen molar-refractivity contribution in [2.24, 2.45) is 5.92 Å². The van der Waals surface area contributed by atoms with Gasteiger partial charge in [-0.25, -0.2) is 8.42 Å². The molecule has 0 radical (unpaired) electrons. The molecule has 1 unspecified atom stereocenters. The smallest absolute Gasteiger partial charge is 0.303 e. The molecule has 1 fully saturated rings. The fraction of sp³-hybridized carbons (Fsp3) is 0.533. The molecule has 1 saturated heterocycles. The van der Waals surface area contributed by atoms with E-state index in [2.05, 4.69) is 0 Å². The first-order valence-corrected chi connectivity index (χ1v) is 8.68. The summed E-state index contributed by atoms with van der Waals surface area (Å²) in [6.45, 7) is 0.914. The fourth-order valence-electron chi connectivity index (χ4n) is 2.83.